The maximum absolute atomic E-state index is 6.08. The largest absolute Gasteiger partial charge is 0.497 e. The van der Waals surface area contributed by atoms with Gasteiger partial charge < -0.3 is 10.1 Å². The van der Waals surface area contributed by atoms with E-state index >= 15 is 0 Å². The number of hydrogen-bond acceptors (Lipinski definition) is 3. The van der Waals surface area contributed by atoms with E-state index in [0.717, 1.165) is 29.5 Å². The molecule has 0 radical (unpaired) electrons. The summed E-state index contributed by atoms with van der Waals surface area (Å²) in [4.78, 5) is 1.46. The Labute approximate surface area is 128 Å². The van der Waals surface area contributed by atoms with Crippen molar-refractivity contribution in [2.45, 2.75) is 25.3 Å². The molecule has 2 aromatic rings. The zero-order chi connectivity index (χ0) is 13.9. The number of benzene rings is 1. The third-order valence-electron chi connectivity index (χ3n) is 3.81. The van der Waals surface area contributed by atoms with Gasteiger partial charge in [-0.1, -0.05) is 23.7 Å². The fourth-order valence-corrected chi connectivity index (χ4v) is 4.08. The van der Waals surface area contributed by atoms with Crippen LogP contribution >= 0.6 is 22.9 Å². The first-order chi connectivity index (χ1) is 9.76. The van der Waals surface area contributed by atoms with E-state index in [-0.39, 0.29) is 0 Å². The fraction of sp³-hybridized carbons (Fsp3) is 0.375. The van der Waals surface area contributed by atoms with E-state index in [0.29, 0.717) is 6.04 Å². The zero-order valence-corrected chi connectivity index (χ0v) is 13.1. The summed E-state index contributed by atoms with van der Waals surface area (Å²) in [7, 11) is 1.69. The molecule has 4 heteroatoms. The van der Waals surface area contributed by atoms with Crippen LogP contribution in [0.3, 0.4) is 0 Å². The Kier molecular flexibility index (Phi) is 4.29. The minimum atomic E-state index is 0.479. The predicted octanol–water partition coefficient (Wildman–Crippen LogP) is 4.23. The van der Waals surface area contributed by atoms with Gasteiger partial charge in [-0.05, 0) is 55.1 Å². The highest BCUT2D eigenvalue weighted by molar-refractivity contribution is 7.16. The number of hydrogen-bond donors (Lipinski definition) is 1. The van der Waals surface area contributed by atoms with Crippen molar-refractivity contribution in [3.05, 3.63) is 50.7 Å². The summed E-state index contributed by atoms with van der Waals surface area (Å²) in [5.41, 5.74) is 2.75. The molecule has 1 N–H and O–H groups in total. The topological polar surface area (TPSA) is 21.3 Å². The Morgan fingerprint density at radius 2 is 2.15 bits per heavy atom. The van der Waals surface area contributed by atoms with Crippen LogP contribution in [0.4, 0.5) is 0 Å². The number of fused-ring (bicyclic) bond motifs is 1. The van der Waals surface area contributed by atoms with Crippen LogP contribution in [0.1, 0.15) is 28.5 Å². The smallest absolute Gasteiger partial charge is 0.118 e. The third-order valence-corrected chi connectivity index (χ3v) is 5.15. The number of thiophene rings is 1. The molecule has 1 aliphatic carbocycles. The Balaban J connectivity index is 1.53. The Hall–Kier alpha value is -1.03. The average Bonchev–Trinajstić information content (AvgIpc) is 3.00. The van der Waals surface area contributed by atoms with Crippen molar-refractivity contribution in [1.29, 1.82) is 0 Å². The van der Waals surface area contributed by atoms with Crippen LogP contribution in [0.25, 0.3) is 0 Å². The second-order valence-corrected chi connectivity index (χ2v) is 6.84. The van der Waals surface area contributed by atoms with Gasteiger partial charge in [0.15, 0.2) is 0 Å². The summed E-state index contributed by atoms with van der Waals surface area (Å²) in [6.07, 6.45) is 3.39. The fourth-order valence-electron chi connectivity index (χ4n) is 2.73. The summed E-state index contributed by atoms with van der Waals surface area (Å²) in [6, 6.07) is 10.9. The van der Waals surface area contributed by atoms with E-state index < -0.39 is 0 Å². The molecule has 0 saturated carbocycles. The molecule has 20 heavy (non-hydrogen) atoms. The summed E-state index contributed by atoms with van der Waals surface area (Å²) in [5, 5.41) is 3.64. The molecule has 1 aromatic heterocycles. The molecular weight excluding hydrogens is 290 g/mol. The lowest BCUT2D eigenvalue weighted by molar-refractivity contribution is 0.414. The molecule has 0 bridgehead atoms. The van der Waals surface area contributed by atoms with Gasteiger partial charge in [-0.3, -0.25) is 0 Å². The number of rotatable bonds is 5. The average molecular weight is 308 g/mol. The van der Waals surface area contributed by atoms with Gasteiger partial charge in [0.05, 0.1) is 11.4 Å². The number of aryl methyl sites for hydroxylation is 1. The lowest BCUT2D eigenvalue weighted by Gasteiger charge is -2.13. The maximum Gasteiger partial charge on any atom is 0.118 e. The SMILES string of the molecule is COc1ccc(CCNC2CCc3sc(Cl)cc32)cc1. The first kappa shape index (κ1) is 13.9. The van der Waals surface area contributed by atoms with Crippen LogP contribution in [0, 0.1) is 0 Å². The maximum atomic E-state index is 6.08. The molecule has 1 unspecified atom stereocenters. The van der Waals surface area contributed by atoms with E-state index in [4.69, 9.17) is 16.3 Å². The highest BCUT2D eigenvalue weighted by Crippen LogP contribution is 2.39. The molecule has 106 valence electrons. The Morgan fingerprint density at radius 1 is 1.35 bits per heavy atom. The molecule has 0 saturated heterocycles. The van der Waals surface area contributed by atoms with Gasteiger partial charge in [-0.2, -0.15) is 0 Å². The van der Waals surface area contributed by atoms with Crippen LogP contribution < -0.4 is 10.1 Å². The number of nitrogens with one attached hydrogen (secondary N) is 1. The van der Waals surface area contributed by atoms with Crippen molar-refractivity contribution < 1.29 is 4.74 Å². The van der Waals surface area contributed by atoms with Gasteiger partial charge >= 0.3 is 0 Å². The van der Waals surface area contributed by atoms with Crippen molar-refractivity contribution in [1.82, 2.24) is 5.32 Å². The lowest BCUT2D eigenvalue weighted by Crippen LogP contribution is -2.21. The molecule has 1 atom stereocenters. The second kappa shape index (κ2) is 6.17. The minimum absolute atomic E-state index is 0.479. The van der Waals surface area contributed by atoms with Crippen LogP contribution in [0.2, 0.25) is 4.34 Å². The molecule has 0 amide bonds. The molecule has 3 rings (SSSR count). The Morgan fingerprint density at radius 3 is 2.90 bits per heavy atom. The standard InChI is InChI=1S/C16H18ClNOS/c1-19-12-4-2-11(3-5-12)8-9-18-14-6-7-15-13(14)10-16(17)20-15/h2-5,10,14,18H,6-9H2,1H3. The molecule has 1 heterocycles. The van der Waals surface area contributed by atoms with Crippen molar-refractivity contribution in [3.63, 3.8) is 0 Å². The van der Waals surface area contributed by atoms with E-state index in [2.05, 4.69) is 23.5 Å². The van der Waals surface area contributed by atoms with Gasteiger partial charge in [0, 0.05) is 10.9 Å². The van der Waals surface area contributed by atoms with Crippen LogP contribution in [0.5, 0.6) is 5.75 Å². The summed E-state index contributed by atoms with van der Waals surface area (Å²) in [6.45, 7) is 0.990. The lowest BCUT2D eigenvalue weighted by atomic mass is 10.1. The molecule has 1 aromatic carbocycles. The van der Waals surface area contributed by atoms with E-state index in [9.17, 15) is 0 Å². The predicted molar refractivity (Wildman–Crippen MR) is 85.1 cm³/mol. The second-order valence-electron chi connectivity index (χ2n) is 5.07. The minimum Gasteiger partial charge on any atom is -0.497 e. The number of ether oxygens (including phenoxy) is 1. The third kappa shape index (κ3) is 3.00. The van der Waals surface area contributed by atoms with Gasteiger partial charge in [0.2, 0.25) is 0 Å². The Bertz CT molecular complexity index is 579. The van der Waals surface area contributed by atoms with Crippen molar-refractivity contribution >= 4 is 22.9 Å². The van der Waals surface area contributed by atoms with Crippen LogP contribution in [-0.4, -0.2) is 13.7 Å². The van der Waals surface area contributed by atoms with E-state index in [1.54, 1.807) is 18.4 Å². The number of methoxy groups -OCH3 is 1. The quantitative estimate of drug-likeness (QED) is 0.892. The van der Waals surface area contributed by atoms with E-state index in [1.165, 1.54) is 22.4 Å². The molecule has 1 aliphatic rings. The van der Waals surface area contributed by atoms with Crippen molar-refractivity contribution in [2.75, 3.05) is 13.7 Å². The molecule has 2 nitrogen and oxygen atoms in total. The van der Waals surface area contributed by atoms with Gasteiger partial charge in [0.1, 0.15) is 5.75 Å². The molecule has 0 fully saturated rings. The van der Waals surface area contributed by atoms with E-state index in [1.807, 2.05) is 12.1 Å². The van der Waals surface area contributed by atoms with Crippen LogP contribution in [-0.2, 0) is 12.8 Å². The highest BCUT2D eigenvalue weighted by Gasteiger charge is 2.24. The zero-order valence-electron chi connectivity index (χ0n) is 11.5. The highest BCUT2D eigenvalue weighted by atomic mass is 35.5. The summed E-state index contributed by atoms with van der Waals surface area (Å²) < 4.78 is 6.08. The van der Waals surface area contributed by atoms with Crippen LogP contribution in [0.15, 0.2) is 30.3 Å². The summed E-state index contributed by atoms with van der Waals surface area (Å²) >= 11 is 7.81. The monoisotopic (exact) mass is 307 g/mol. The molecule has 0 spiro atoms. The van der Waals surface area contributed by atoms with Crippen molar-refractivity contribution in [2.24, 2.45) is 0 Å². The first-order valence-corrected chi connectivity index (χ1v) is 8.10. The first-order valence-electron chi connectivity index (χ1n) is 6.90. The molecule has 0 aliphatic heterocycles. The van der Waals surface area contributed by atoms with Crippen molar-refractivity contribution in [3.8, 4) is 5.75 Å². The summed E-state index contributed by atoms with van der Waals surface area (Å²) in [5.74, 6) is 0.912. The normalized spacial score (nSPS) is 17.2. The van der Waals surface area contributed by atoms with Gasteiger partial charge in [0.25, 0.3) is 0 Å². The van der Waals surface area contributed by atoms with Gasteiger partial charge in [-0.25, -0.2) is 0 Å². The number of halogens is 1. The molecular formula is C16H18ClNOS. The van der Waals surface area contributed by atoms with Gasteiger partial charge in [-0.15, -0.1) is 11.3 Å².